The molecule has 0 fully saturated rings. The summed E-state index contributed by atoms with van der Waals surface area (Å²) in [5.74, 6) is -0.0408. The molecule has 2 rings (SSSR count). The van der Waals surface area contributed by atoms with Gasteiger partial charge in [-0.05, 0) is 49.2 Å². The molecule has 6 heteroatoms. The average molecular weight is 383 g/mol. The number of Topliss-reactive ketones (excluding diaryl/α,β-unsaturated/α-hetero) is 1. The van der Waals surface area contributed by atoms with Gasteiger partial charge in [0.25, 0.3) is 0 Å². The van der Waals surface area contributed by atoms with E-state index in [1.54, 1.807) is 24.3 Å². The van der Waals surface area contributed by atoms with E-state index in [4.69, 9.17) is 9.47 Å². The summed E-state index contributed by atoms with van der Waals surface area (Å²) in [4.78, 5) is 35.4. The molecule has 28 heavy (non-hydrogen) atoms. The molecule has 0 aliphatic rings. The highest BCUT2D eigenvalue weighted by Gasteiger charge is 2.10. The van der Waals surface area contributed by atoms with Gasteiger partial charge in [-0.25, -0.2) is 0 Å². The van der Waals surface area contributed by atoms with Crippen LogP contribution in [0.25, 0.3) is 0 Å². The van der Waals surface area contributed by atoms with Crippen LogP contribution in [-0.4, -0.2) is 30.9 Å². The lowest BCUT2D eigenvalue weighted by Gasteiger charge is -2.07. The molecule has 0 saturated carbocycles. The maximum Gasteiger partial charge on any atom is 0.306 e. The van der Waals surface area contributed by atoms with Gasteiger partial charge in [0, 0.05) is 24.1 Å². The molecule has 6 nitrogen and oxygen atoms in total. The van der Waals surface area contributed by atoms with Crippen LogP contribution in [0.5, 0.6) is 5.75 Å². The van der Waals surface area contributed by atoms with E-state index in [9.17, 15) is 14.4 Å². The standard InChI is InChI=1S/C22H25NO5/c1-2-7-21(25)23-18-13-11-17(12-14-18)20(24)16-28-22(26)10-6-15-27-19-8-4-3-5-9-19/h3-5,8-9,11-14H,2,6-7,10,15-16H2,1H3,(H,23,25). The van der Waals surface area contributed by atoms with Crippen LogP contribution < -0.4 is 10.1 Å². The normalized spacial score (nSPS) is 10.2. The number of anilines is 1. The fraction of sp³-hybridized carbons (Fsp3) is 0.318. The van der Waals surface area contributed by atoms with Crippen molar-refractivity contribution in [2.24, 2.45) is 0 Å². The minimum Gasteiger partial charge on any atom is -0.494 e. The first-order valence-corrected chi connectivity index (χ1v) is 9.35. The van der Waals surface area contributed by atoms with Gasteiger partial charge in [0.15, 0.2) is 12.4 Å². The minimum absolute atomic E-state index is 0.0632. The van der Waals surface area contributed by atoms with Crippen LogP contribution in [0.15, 0.2) is 54.6 Å². The zero-order valence-corrected chi connectivity index (χ0v) is 16.0. The Morgan fingerprint density at radius 1 is 0.929 bits per heavy atom. The predicted molar refractivity (Wildman–Crippen MR) is 106 cm³/mol. The molecule has 2 aromatic rings. The third-order valence-corrected chi connectivity index (χ3v) is 3.87. The second kappa shape index (κ2) is 11.5. The van der Waals surface area contributed by atoms with Crippen LogP contribution in [0.3, 0.4) is 0 Å². The number of rotatable bonds is 11. The van der Waals surface area contributed by atoms with Crippen molar-refractivity contribution in [2.75, 3.05) is 18.5 Å². The predicted octanol–water partition coefficient (Wildman–Crippen LogP) is 4.01. The zero-order valence-electron chi connectivity index (χ0n) is 16.0. The number of nitrogens with one attached hydrogen (secondary N) is 1. The summed E-state index contributed by atoms with van der Waals surface area (Å²) in [6, 6.07) is 15.9. The number of ketones is 1. The van der Waals surface area contributed by atoms with E-state index in [0.29, 0.717) is 30.7 Å². The third kappa shape index (κ3) is 7.61. The lowest BCUT2D eigenvalue weighted by molar-refractivity contribution is -0.142. The van der Waals surface area contributed by atoms with Gasteiger partial charge in [0.2, 0.25) is 5.91 Å². The Morgan fingerprint density at radius 2 is 1.64 bits per heavy atom. The van der Waals surface area contributed by atoms with Crippen LogP contribution in [-0.2, 0) is 14.3 Å². The summed E-state index contributed by atoms with van der Waals surface area (Å²) in [7, 11) is 0. The molecule has 1 amide bonds. The third-order valence-electron chi connectivity index (χ3n) is 3.87. The largest absolute Gasteiger partial charge is 0.494 e. The number of hydrogen-bond donors (Lipinski definition) is 1. The van der Waals surface area contributed by atoms with Gasteiger partial charge in [-0.2, -0.15) is 0 Å². The second-order valence-corrected chi connectivity index (χ2v) is 6.22. The molecule has 2 aromatic carbocycles. The van der Waals surface area contributed by atoms with E-state index < -0.39 is 5.97 Å². The van der Waals surface area contributed by atoms with E-state index in [0.717, 1.165) is 12.2 Å². The molecule has 0 bridgehead atoms. The van der Waals surface area contributed by atoms with Crippen LogP contribution in [0.2, 0.25) is 0 Å². The van der Waals surface area contributed by atoms with Crippen molar-refractivity contribution in [2.45, 2.75) is 32.6 Å². The smallest absolute Gasteiger partial charge is 0.306 e. The molecule has 0 spiro atoms. The number of benzene rings is 2. The van der Waals surface area contributed by atoms with Crippen LogP contribution in [0.1, 0.15) is 43.0 Å². The summed E-state index contributed by atoms with van der Waals surface area (Å²) in [6.07, 6.45) is 1.91. The number of carbonyl (C=O) groups is 3. The molecule has 1 N–H and O–H groups in total. The first kappa shape index (κ1) is 21.2. The van der Waals surface area contributed by atoms with Crippen molar-refractivity contribution in [3.8, 4) is 5.75 Å². The first-order chi connectivity index (χ1) is 13.6. The van der Waals surface area contributed by atoms with Crippen LogP contribution in [0.4, 0.5) is 5.69 Å². The summed E-state index contributed by atoms with van der Waals surface area (Å²) in [5, 5.41) is 2.75. The number of carbonyl (C=O) groups excluding carboxylic acids is 3. The number of para-hydroxylation sites is 1. The molecular formula is C22H25NO5. The topological polar surface area (TPSA) is 81.7 Å². The SMILES string of the molecule is CCCC(=O)Nc1ccc(C(=O)COC(=O)CCCOc2ccccc2)cc1. The van der Waals surface area contributed by atoms with Gasteiger partial charge in [-0.3, -0.25) is 14.4 Å². The highest BCUT2D eigenvalue weighted by Crippen LogP contribution is 2.12. The minimum atomic E-state index is -0.437. The van der Waals surface area contributed by atoms with E-state index in [1.807, 2.05) is 37.3 Å². The highest BCUT2D eigenvalue weighted by atomic mass is 16.5. The molecule has 0 unspecified atom stereocenters. The Balaban J connectivity index is 1.66. The highest BCUT2D eigenvalue weighted by molar-refractivity contribution is 5.98. The van der Waals surface area contributed by atoms with Gasteiger partial charge in [0.1, 0.15) is 5.75 Å². The molecule has 0 aliphatic heterocycles. The summed E-state index contributed by atoms with van der Waals surface area (Å²) in [5.41, 5.74) is 1.05. The maximum absolute atomic E-state index is 12.1. The lowest BCUT2D eigenvalue weighted by atomic mass is 10.1. The van der Waals surface area contributed by atoms with E-state index in [-0.39, 0.29) is 24.7 Å². The van der Waals surface area contributed by atoms with Crippen molar-refractivity contribution in [1.29, 1.82) is 0 Å². The summed E-state index contributed by atoms with van der Waals surface area (Å²) < 4.78 is 10.5. The van der Waals surface area contributed by atoms with Crippen LogP contribution >= 0.6 is 0 Å². The number of esters is 1. The maximum atomic E-state index is 12.1. The molecule has 0 aromatic heterocycles. The van der Waals surface area contributed by atoms with Gasteiger partial charge in [-0.15, -0.1) is 0 Å². The Bertz CT molecular complexity index is 771. The molecule has 0 atom stereocenters. The van der Waals surface area contributed by atoms with Crippen molar-refractivity contribution < 1.29 is 23.9 Å². The fourth-order valence-electron chi connectivity index (χ4n) is 2.41. The summed E-state index contributed by atoms with van der Waals surface area (Å²) in [6.45, 7) is 2.02. The van der Waals surface area contributed by atoms with Crippen molar-refractivity contribution >= 4 is 23.3 Å². The number of amides is 1. The molecule has 0 heterocycles. The molecule has 0 saturated heterocycles. The first-order valence-electron chi connectivity index (χ1n) is 9.35. The Labute approximate surface area is 164 Å². The van der Waals surface area contributed by atoms with E-state index in [2.05, 4.69) is 5.32 Å². The van der Waals surface area contributed by atoms with Gasteiger partial charge < -0.3 is 14.8 Å². The fourth-order valence-corrected chi connectivity index (χ4v) is 2.41. The second-order valence-electron chi connectivity index (χ2n) is 6.22. The van der Waals surface area contributed by atoms with Gasteiger partial charge in [0.05, 0.1) is 6.61 Å². The molecule has 0 radical (unpaired) electrons. The Morgan fingerprint density at radius 3 is 2.32 bits per heavy atom. The van der Waals surface area contributed by atoms with E-state index in [1.165, 1.54) is 0 Å². The number of hydrogen-bond acceptors (Lipinski definition) is 5. The zero-order chi connectivity index (χ0) is 20.2. The summed E-state index contributed by atoms with van der Waals surface area (Å²) >= 11 is 0. The Kier molecular flexibility index (Phi) is 8.72. The van der Waals surface area contributed by atoms with Gasteiger partial charge >= 0.3 is 5.97 Å². The number of ether oxygens (including phenoxy) is 2. The molecule has 148 valence electrons. The molecular weight excluding hydrogens is 358 g/mol. The quantitative estimate of drug-likeness (QED) is 0.360. The monoisotopic (exact) mass is 383 g/mol. The van der Waals surface area contributed by atoms with Crippen molar-refractivity contribution in [3.05, 3.63) is 60.2 Å². The van der Waals surface area contributed by atoms with Crippen LogP contribution in [0, 0.1) is 0 Å². The average Bonchev–Trinajstić information content (AvgIpc) is 2.71. The molecule has 0 aliphatic carbocycles. The van der Waals surface area contributed by atoms with Crippen molar-refractivity contribution in [3.63, 3.8) is 0 Å². The lowest BCUT2D eigenvalue weighted by Crippen LogP contribution is -2.15. The van der Waals surface area contributed by atoms with Gasteiger partial charge in [-0.1, -0.05) is 25.1 Å². The van der Waals surface area contributed by atoms with Crippen molar-refractivity contribution in [1.82, 2.24) is 0 Å². The van der Waals surface area contributed by atoms with E-state index >= 15 is 0 Å². The Hall–Kier alpha value is -3.15.